The highest BCUT2D eigenvalue weighted by atomic mass is 28.3. The van der Waals surface area contributed by atoms with Crippen LogP contribution in [0.3, 0.4) is 0 Å². The third-order valence-electron chi connectivity index (χ3n) is 16.9. The summed E-state index contributed by atoms with van der Waals surface area (Å²) in [5.41, 5.74) is 17.3. The van der Waals surface area contributed by atoms with E-state index in [-0.39, 0.29) is 40.6 Å². The van der Waals surface area contributed by atoms with Crippen molar-refractivity contribution in [3.05, 3.63) is 265 Å². The lowest BCUT2D eigenvalue weighted by atomic mass is 9.82. The van der Waals surface area contributed by atoms with Crippen molar-refractivity contribution < 1.29 is 11.6 Å². The van der Waals surface area contributed by atoms with Crippen LogP contribution in [0.5, 0.6) is 11.5 Å². The monoisotopic (exact) mass is 1080 g/mol. The van der Waals surface area contributed by atoms with Crippen LogP contribution in [0.25, 0.3) is 44.5 Å². The van der Waals surface area contributed by atoms with Crippen molar-refractivity contribution in [1.82, 2.24) is 4.98 Å². The molecule has 0 saturated heterocycles. The smallest absolute Gasteiger partial charge is 0.185 e. The number of rotatable bonds is 8. The lowest BCUT2D eigenvalue weighted by Crippen LogP contribution is -2.75. The van der Waals surface area contributed by atoms with Crippen LogP contribution < -0.4 is 40.2 Å². The second-order valence-corrected chi connectivity index (χ2v) is 27.9. The molecule has 0 amide bonds. The first-order valence-electron chi connectivity index (χ1n) is 30.9. The molecule has 3 aliphatic rings. The summed E-state index contributed by atoms with van der Waals surface area (Å²) in [6.07, 6.45) is 1.94. The second-order valence-electron chi connectivity index (χ2n) is 24.2. The van der Waals surface area contributed by atoms with E-state index < -0.39 is 14.1 Å². The summed E-state index contributed by atoms with van der Waals surface area (Å²) >= 11 is 0. The third-order valence-corrected chi connectivity index (χ3v) is 21.8. The van der Waals surface area contributed by atoms with Crippen molar-refractivity contribution in [2.24, 2.45) is 0 Å². The minimum atomic E-state index is -2.96. The molecule has 0 radical (unpaired) electrons. The fourth-order valence-electron chi connectivity index (χ4n) is 12.9. The SMILES string of the molecule is [2H]c1c([2H])c([2H])c(-c2cccc(-c3cc(-c4ccccc4)cc(C(C)(C)C)c3)c2N2CN(c3cccc(Oc4ccc5c(c4)N(c4cc(C(C)(C)C)ccn4)c4ccccc4[Si]54c5ccc(C)cc5-c5cc(C)ccc54)c3)c3ccccc32)c([2H])c1[2H]. The fraction of sp³-hybridized carbons (Fsp3) is 0.145. The number of aromatic nitrogens is 1. The van der Waals surface area contributed by atoms with Crippen molar-refractivity contribution in [2.75, 3.05) is 21.4 Å². The van der Waals surface area contributed by atoms with Crippen LogP contribution >= 0.6 is 0 Å². The summed E-state index contributed by atoms with van der Waals surface area (Å²) in [5, 5.41) is 5.38. The van der Waals surface area contributed by atoms with Crippen molar-refractivity contribution >= 4 is 68.8 Å². The van der Waals surface area contributed by atoms with Gasteiger partial charge in [-0.25, -0.2) is 4.98 Å². The van der Waals surface area contributed by atoms with Gasteiger partial charge in [0.2, 0.25) is 0 Å². The summed E-state index contributed by atoms with van der Waals surface area (Å²) in [4.78, 5) is 12.0. The van der Waals surface area contributed by atoms with Crippen molar-refractivity contribution in [3.8, 4) is 56.0 Å². The van der Waals surface area contributed by atoms with E-state index in [1.54, 1.807) is 0 Å². The van der Waals surface area contributed by atoms with Crippen molar-refractivity contribution in [2.45, 2.75) is 66.2 Å². The van der Waals surface area contributed by atoms with Gasteiger partial charge in [0, 0.05) is 40.8 Å². The Morgan fingerprint density at radius 3 is 1.74 bits per heavy atom. The zero-order valence-corrected chi connectivity index (χ0v) is 48.6. The normalized spacial score (nSPS) is 14.7. The average molecular weight is 1080 g/mol. The summed E-state index contributed by atoms with van der Waals surface area (Å²) in [5.74, 6) is 2.18. The molecule has 5 nitrogen and oxygen atoms in total. The fourth-order valence-corrected chi connectivity index (χ4v) is 18.3. The molecular formula is C76H66N4OSi. The number of hydrogen-bond donors (Lipinski definition) is 0. The molecule has 14 rings (SSSR count). The molecule has 0 aliphatic carbocycles. The van der Waals surface area contributed by atoms with E-state index in [2.05, 4.69) is 234 Å². The first-order valence-corrected chi connectivity index (χ1v) is 30.4. The summed E-state index contributed by atoms with van der Waals surface area (Å²) < 4.78 is 52.2. The first-order chi connectivity index (χ1) is 41.8. The highest BCUT2D eigenvalue weighted by Crippen LogP contribution is 2.52. The second kappa shape index (κ2) is 19.5. The topological polar surface area (TPSA) is 31.8 Å². The third kappa shape index (κ3) is 8.46. The van der Waals surface area contributed by atoms with Crippen LogP contribution in [-0.4, -0.2) is 19.7 Å². The molecule has 0 atom stereocenters. The maximum absolute atomic E-state index is 9.38. The molecule has 3 aliphatic heterocycles. The minimum Gasteiger partial charge on any atom is -0.457 e. The number of hydrogen-bond acceptors (Lipinski definition) is 5. The lowest BCUT2D eigenvalue weighted by Gasteiger charge is -2.43. The van der Waals surface area contributed by atoms with Gasteiger partial charge in [0.25, 0.3) is 0 Å². The van der Waals surface area contributed by atoms with E-state index in [1.807, 2.05) is 48.7 Å². The molecule has 6 heteroatoms. The largest absolute Gasteiger partial charge is 0.457 e. The maximum Gasteiger partial charge on any atom is 0.185 e. The van der Waals surface area contributed by atoms with Crippen molar-refractivity contribution in [3.63, 3.8) is 0 Å². The van der Waals surface area contributed by atoms with Crippen LogP contribution in [0, 0.1) is 13.8 Å². The maximum atomic E-state index is 9.38. The number of aryl methyl sites for hydroxylation is 2. The van der Waals surface area contributed by atoms with E-state index in [0.717, 1.165) is 67.8 Å². The number of anilines is 7. The van der Waals surface area contributed by atoms with E-state index in [9.17, 15) is 2.74 Å². The molecule has 82 heavy (non-hydrogen) atoms. The van der Waals surface area contributed by atoms with Crippen LogP contribution in [0.4, 0.5) is 39.9 Å². The molecule has 1 aromatic heterocycles. The molecule has 0 unspecified atom stereocenters. The number of benzene rings is 10. The Labute approximate surface area is 491 Å². The highest BCUT2D eigenvalue weighted by Gasteiger charge is 2.54. The number of fused-ring (bicyclic) bond motifs is 10. The number of ether oxygens (including phenoxy) is 1. The van der Waals surface area contributed by atoms with E-state index in [1.165, 1.54) is 48.6 Å². The van der Waals surface area contributed by atoms with Gasteiger partial charge in [0.1, 0.15) is 24.0 Å². The van der Waals surface area contributed by atoms with Gasteiger partial charge in [0.05, 0.1) is 29.6 Å². The Kier molecular flexibility index (Phi) is 10.8. The molecule has 0 fully saturated rings. The standard InChI is InChI=1S/C76H66N4OSi/c1-50-33-36-69-63(41-50)64-42-51(2)34-37-70(64)82(69)71-32-18-17-31-67(71)80(73-46-56(39-40-77-73)75(3,4)5)68-48-60(35-38-72(68)82)81-59-26-19-25-58(47-59)78-49-79(66-30-16-15-29-65(66)78)74-61(53-23-13-10-14-24-53)27-20-28-62(74)55-43-54(52-21-11-9-12-22-52)44-57(45-55)76(6,7)8/h9-48H,49H2,1-8H3/i10D,13D,14D,23D,24D. The minimum absolute atomic E-state index is 0.117. The Balaban J connectivity index is 0.910. The van der Waals surface area contributed by atoms with Crippen LogP contribution in [0.1, 0.15) is 70.7 Å². The van der Waals surface area contributed by atoms with Crippen LogP contribution in [0.2, 0.25) is 0 Å². The first kappa shape index (κ1) is 45.5. The number of pyridine rings is 1. The molecular weight excluding hydrogens is 1010 g/mol. The Morgan fingerprint density at radius 2 is 1.04 bits per heavy atom. The predicted octanol–water partition coefficient (Wildman–Crippen LogP) is 17.5. The molecule has 11 aromatic rings. The van der Waals surface area contributed by atoms with Gasteiger partial charge in [-0.2, -0.15) is 0 Å². The summed E-state index contributed by atoms with van der Waals surface area (Å²) in [6.45, 7) is 18.1. The summed E-state index contributed by atoms with van der Waals surface area (Å²) in [6, 6.07) is 72.0. The Hall–Kier alpha value is -9.23. The average Bonchev–Trinajstić information content (AvgIpc) is 1.54. The molecule has 4 heterocycles. The van der Waals surface area contributed by atoms with Crippen molar-refractivity contribution in [1.29, 1.82) is 0 Å². The molecule has 400 valence electrons. The molecule has 0 bridgehead atoms. The predicted molar refractivity (Wildman–Crippen MR) is 347 cm³/mol. The van der Waals surface area contributed by atoms with E-state index in [0.29, 0.717) is 23.7 Å². The lowest BCUT2D eigenvalue weighted by molar-refractivity contribution is 0.483. The van der Waals surface area contributed by atoms with Gasteiger partial charge < -0.3 is 14.5 Å². The molecule has 1 spiro atoms. The molecule has 0 saturated carbocycles. The van der Waals surface area contributed by atoms with Gasteiger partial charge in [-0.3, -0.25) is 4.90 Å². The Morgan fingerprint density at radius 1 is 0.439 bits per heavy atom. The molecule has 10 aromatic carbocycles. The van der Waals surface area contributed by atoms with Gasteiger partial charge in [0.15, 0.2) is 8.07 Å². The quantitative estimate of drug-likeness (QED) is 0.142. The Bertz CT molecular complexity index is 4550. The van der Waals surface area contributed by atoms with Crippen LogP contribution in [0.15, 0.2) is 243 Å². The van der Waals surface area contributed by atoms with Gasteiger partial charge in [-0.1, -0.05) is 222 Å². The number of para-hydroxylation sites is 4. The van der Waals surface area contributed by atoms with E-state index in [4.69, 9.17) is 13.8 Å². The summed E-state index contributed by atoms with van der Waals surface area (Å²) in [7, 11) is -2.96. The van der Waals surface area contributed by atoms with Gasteiger partial charge in [-0.15, -0.1) is 0 Å². The molecule has 0 N–H and O–H groups in total. The zero-order chi connectivity index (χ0) is 60.4. The van der Waals surface area contributed by atoms with Gasteiger partial charge in [-0.05, 0) is 145 Å². The van der Waals surface area contributed by atoms with Gasteiger partial charge >= 0.3 is 0 Å². The van der Waals surface area contributed by atoms with Crippen LogP contribution in [-0.2, 0) is 10.8 Å². The number of nitrogens with zero attached hydrogens (tertiary/aromatic N) is 4. The zero-order valence-electron chi connectivity index (χ0n) is 52.6. The highest BCUT2D eigenvalue weighted by molar-refractivity contribution is 7.23. The van der Waals surface area contributed by atoms with E-state index >= 15 is 0 Å².